The normalized spacial score (nSPS) is 13.2. The van der Waals surface area contributed by atoms with Gasteiger partial charge in [-0.1, -0.05) is 70.2 Å². The number of carbonyl (C=O) groups excluding carboxylic acids is 1. The third-order valence-electron chi connectivity index (χ3n) is 6.31. The molecule has 1 atom stereocenters. The fourth-order valence-corrected chi connectivity index (χ4v) is 5.53. The molecule has 1 unspecified atom stereocenters. The number of ether oxygens (including phenoxy) is 1. The summed E-state index contributed by atoms with van der Waals surface area (Å²) in [7, 11) is 2.27. The molecule has 37 heavy (non-hydrogen) atoms. The summed E-state index contributed by atoms with van der Waals surface area (Å²) in [5.41, 5.74) is 6.15. The maximum atomic E-state index is 13.2. The zero-order valence-electron chi connectivity index (χ0n) is 22.9. The SMILES string of the molecule is COc1ccccc1-c1cc(C(C)C)c(CC(=O)N=S(N)(=O)c2ccc(CN(C)C)cc2)c(C(C)C)c1. The highest BCUT2D eigenvalue weighted by atomic mass is 32.2. The Morgan fingerprint density at radius 3 is 2.05 bits per heavy atom. The number of nitrogens with zero attached hydrogens (tertiary/aromatic N) is 2. The van der Waals surface area contributed by atoms with Crippen LogP contribution >= 0.6 is 0 Å². The van der Waals surface area contributed by atoms with E-state index in [1.165, 1.54) is 0 Å². The van der Waals surface area contributed by atoms with Crippen LogP contribution in [0.2, 0.25) is 0 Å². The Morgan fingerprint density at radius 2 is 1.54 bits per heavy atom. The molecule has 3 aromatic rings. The lowest BCUT2D eigenvalue weighted by atomic mass is 9.84. The molecule has 3 rings (SSSR count). The first kappa shape index (κ1) is 28.6. The molecule has 2 N–H and O–H groups in total. The molecular weight excluding hydrogens is 482 g/mol. The Kier molecular flexibility index (Phi) is 9.29. The van der Waals surface area contributed by atoms with E-state index in [1.807, 2.05) is 55.4 Å². The number of amides is 1. The van der Waals surface area contributed by atoms with E-state index in [4.69, 9.17) is 9.88 Å². The molecule has 0 aromatic heterocycles. The van der Waals surface area contributed by atoms with E-state index < -0.39 is 15.8 Å². The molecule has 198 valence electrons. The van der Waals surface area contributed by atoms with E-state index in [1.54, 1.807) is 19.2 Å². The van der Waals surface area contributed by atoms with Crippen molar-refractivity contribution in [3.8, 4) is 16.9 Å². The van der Waals surface area contributed by atoms with Crippen molar-refractivity contribution in [3.63, 3.8) is 0 Å². The minimum atomic E-state index is -3.36. The van der Waals surface area contributed by atoms with Crippen molar-refractivity contribution in [2.45, 2.75) is 57.4 Å². The lowest BCUT2D eigenvalue weighted by Crippen LogP contribution is -2.17. The maximum absolute atomic E-state index is 13.2. The first-order chi connectivity index (χ1) is 17.4. The number of nitrogens with two attached hydrogens (primary N) is 1. The first-order valence-corrected chi connectivity index (χ1v) is 14.1. The number of rotatable bonds is 9. The topological polar surface area (TPSA) is 85.0 Å². The van der Waals surface area contributed by atoms with Crippen molar-refractivity contribution in [2.24, 2.45) is 9.50 Å². The summed E-state index contributed by atoms with van der Waals surface area (Å²) in [6.07, 6.45) is 0.0418. The highest BCUT2D eigenvalue weighted by molar-refractivity contribution is 7.91. The van der Waals surface area contributed by atoms with Gasteiger partial charge in [-0.05, 0) is 71.9 Å². The van der Waals surface area contributed by atoms with Gasteiger partial charge in [-0.15, -0.1) is 4.36 Å². The predicted molar refractivity (Wildman–Crippen MR) is 152 cm³/mol. The second kappa shape index (κ2) is 12.0. The van der Waals surface area contributed by atoms with Gasteiger partial charge in [-0.3, -0.25) is 4.79 Å². The lowest BCUT2D eigenvalue weighted by molar-refractivity contribution is -0.117. The highest BCUT2D eigenvalue weighted by Crippen LogP contribution is 2.37. The van der Waals surface area contributed by atoms with Gasteiger partial charge in [0, 0.05) is 12.1 Å². The van der Waals surface area contributed by atoms with Gasteiger partial charge in [0.25, 0.3) is 5.91 Å². The molecule has 7 heteroatoms. The van der Waals surface area contributed by atoms with Crippen molar-refractivity contribution in [2.75, 3.05) is 21.2 Å². The summed E-state index contributed by atoms with van der Waals surface area (Å²) in [5, 5.41) is 6.09. The third kappa shape index (κ3) is 7.06. The summed E-state index contributed by atoms with van der Waals surface area (Å²) in [5.74, 6) is 0.645. The summed E-state index contributed by atoms with van der Waals surface area (Å²) < 4.78 is 22.8. The van der Waals surface area contributed by atoms with Gasteiger partial charge in [0.15, 0.2) is 0 Å². The fourth-order valence-electron chi connectivity index (χ4n) is 4.53. The van der Waals surface area contributed by atoms with Crippen molar-refractivity contribution < 1.29 is 13.7 Å². The van der Waals surface area contributed by atoms with Crippen LogP contribution in [-0.2, 0) is 27.7 Å². The molecule has 1 amide bonds. The molecule has 3 aromatic carbocycles. The zero-order chi connectivity index (χ0) is 27.3. The number of methoxy groups -OCH3 is 1. The van der Waals surface area contributed by atoms with E-state index in [2.05, 4.69) is 44.2 Å². The molecule has 0 bridgehead atoms. The number of para-hydroxylation sites is 1. The Labute approximate surface area is 222 Å². The molecule has 0 aliphatic heterocycles. The van der Waals surface area contributed by atoms with Crippen LogP contribution in [0.15, 0.2) is 69.9 Å². The van der Waals surface area contributed by atoms with Crippen molar-refractivity contribution >= 4 is 15.8 Å². The molecular formula is C30H39N3O3S. The van der Waals surface area contributed by atoms with E-state index >= 15 is 0 Å². The zero-order valence-corrected chi connectivity index (χ0v) is 23.8. The van der Waals surface area contributed by atoms with E-state index in [-0.39, 0.29) is 18.3 Å². The van der Waals surface area contributed by atoms with Crippen molar-refractivity contribution in [3.05, 3.63) is 82.9 Å². The van der Waals surface area contributed by atoms with Crippen LogP contribution < -0.4 is 9.88 Å². The monoisotopic (exact) mass is 521 g/mol. The summed E-state index contributed by atoms with van der Waals surface area (Å²) in [6, 6.07) is 19.3. The van der Waals surface area contributed by atoms with E-state index in [0.717, 1.165) is 45.7 Å². The number of carbonyl (C=O) groups is 1. The van der Waals surface area contributed by atoms with Crippen LogP contribution in [0.5, 0.6) is 5.75 Å². The van der Waals surface area contributed by atoms with Crippen molar-refractivity contribution in [1.29, 1.82) is 0 Å². The minimum Gasteiger partial charge on any atom is -0.496 e. The van der Waals surface area contributed by atoms with Crippen LogP contribution in [0, 0.1) is 0 Å². The molecule has 0 radical (unpaired) electrons. The largest absolute Gasteiger partial charge is 0.496 e. The second-order valence-electron chi connectivity index (χ2n) is 10.3. The first-order valence-electron chi connectivity index (χ1n) is 12.5. The molecule has 0 saturated carbocycles. The van der Waals surface area contributed by atoms with Gasteiger partial charge in [-0.25, -0.2) is 9.35 Å². The van der Waals surface area contributed by atoms with Gasteiger partial charge < -0.3 is 9.64 Å². The Balaban J connectivity index is 2.02. The average molecular weight is 522 g/mol. The van der Waals surface area contributed by atoms with Crippen LogP contribution in [-0.4, -0.2) is 36.2 Å². The van der Waals surface area contributed by atoms with Gasteiger partial charge in [0.05, 0.1) is 18.4 Å². The average Bonchev–Trinajstić information content (AvgIpc) is 2.83. The van der Waals surface area contributed by atoms with Gasteiger partial charge in [0.2, 0.25) is 0 Å². The van der Waals surface area contributed by atoms with Crippen molar-refractivity contribution in [1.82, 2.24) is 4.90 Å². The Morgan fingerprint density at radius 1 is 0.973 bits per heavy atom. The van der Waals surface area contributed by atoms with Gasteiger partial charge >= 0.3 is 0 Å². The van der Waals surface area contributed by atoms with E-state index in [0.29, 0.717) is 4.90 Å². The quantitative estimate of drug-likeness (QED) is 0.366. The summed E-state index contributed by atoms with van der Waals surface area (Å²) in [6.45, 7) is 9.19. The smallest absolute Gasteiger partial charge is 0.259 e. The maximum Gasteiger partial charge on any atom is 0.259 e. The van der Waals surface area contributed by atoms with Crippen LogP contribution in [0.25, 0.3) is 11.1 Å². The van der Waals surface area contributed by atoms with Gasteiger partial charge in [-0.2, -0.15) is 0 Å². The number of hydrogen-bond donors (Lipinski definition) is 1. The molecule has 0 aliphatic carbocycles. The van der Waals surface area contributed by atoms with Crippen LogP contribution in [0.4, 0.5) is 0 Å². The molecule has 6 nitrogen and oxygen atoms in total. The van der Waals surface area contributed by atoms with Crippen LogP contribution in [0.1, 0.15) is 61.8 Å². The Hall–Kier alpha value is -3.00. The molecule has 0 aliphatic rings. The van der Waals surface area contributed by atoms with Crippen LogP contribution in [0.3, 0.4) is 0 Å². The molecule has 0 heterocycles. The minimum absolute atomic E-state index is 0.0418. The fraction of sp³-hybridized carbons (Fsp3) is 0.367. The number of hydrogen-bond acceptors (Lipinski definition) is 4. The summed E-state index contributed by atoms with van der Waals surface area (Å²) in [4.78, 5) is 15.6. The molecule has 0 fully saturated rings. The van der Waals surface area contributed by atoms with Gasteiger partial charge in [0.1, 0.15) is 15.7 Å². The molecule has 0 spiro atoms. The summed E-state index contributed by atoms with van der Waals surface area (Å²) >= 11 is 0. The Bertz CT molecular complexity index is 1340. The highest BCUT2D eigenvalue weighted by Gasteiger charge is 2.21. The lowest BCUT2D eigenvalue weighted by Gasteiger charge is -2.22. The number of benzene rings is 3. The van der Waals surface area contributed by atoms with E-state index in [9.17, 15) is 9.00 Å². The molecule has 0 saturated heterocycles. The standard InChI is InChI=1S/C30H39N3O3S/c1-20(2)26-16-23(25-10-8-9-11-29(25)36-7)17-27(21(3)4)28(26)18-30(34)32-37(31,35)24-14-12-22(13-15-24)19-33(5)6/h8-17,20-21H,18-19H2,1-7H3,(H2,31,32,34,35). The second-order valence-corrected chi connectivity index (χ2v) is 12.0. The third-order valence-corrected chi connectivity index (χ3v) is 7.73. The predicted octanol–water partition coefficient (Wildman–Crippen LogP) is 6.14.